The summed E-state index contributed by atoms with van der Waals surface area (Å²) in [5.74, 6) is 0.418. The number of benzene rings is 1. The van der Waals surface area contributed by atoms with Crippen molar-refractivity contribution < 1.29 is 12.6 Å². The fourth-order valence-corrected chi connectivity index (χ4v) is 3.86. The molecule has 0 aliphatic rings. The highest BCUT2D eigenvalue weighted by Gasteiger charge is 2.08. The van der Waals surface area contributed by atoms with Crippen molar-refractivity contribution in [1.82, 2.24) is 0 Å². The van der Waals surface area contributed by atoms with Crippen LogP contribution in [0.2, 0.25) is 0 Å². The molecule has 90 valence electrons. The van der Waals surface area contributed by atoms with Crippen LogP contribution in [0, 0.1) is 0 Å². The average molecular weight is 261 g/mol. The summed E-state index contributed by atoms with van der Waals surface area (Å²) in [4.78, 5) is 0. The molecule has 1 aromatic rings. The lowest BCUT2D eigenvalue weighted by molar-refractivity contribution is 0.602. The Morgan fingerprint density at radius 1 is 1.31 bits per heavy atom. The molecule has 0 radical (unpaired) electrons. The van der Waals surface area contributed by atoms with E-state index in [9.17, 15) is 12.6 Å². The molecule has 4 nitrogen and oxygen atoms in total. The first-order valence-corrected chi connectivity index (χ1v) is 8.29. The van der Waals surface area contributed by atoms with Gasteiger partial charge < -0.3 is 5.73 Å². The zero-order valence-electron chi connectivity index (χ0n) is 9.05. The molecule has 1 rings (SSSR count). The summed E-state index contributed by atoms with van der Waals surface area (Å²) < 4.78 is 33.4. The number of hydrogen-bond donors (Lipinski definition) is 1. The summed E-state index contributed by atoms with van der Waals surface area (Å²) in [6, 6.07) is 7.16. The number of nitrogen functional groups attached to an aromatic ring is 1. The largest absolute Gasteiger partial charge is 0.398 e. The molecule has 16 heavy (non-hydrogen) atoms. The second-order valence-corrected chi connectivity index (χ2v) is 7.45. The van der Waals surface area contributed by atoms with Gasteiger partial charge in [0.25, 0.3) is 0 Å². The molecule has 0 saturated heterocycles. The number of nitrogens with two attached hydrogens (primary N) is 1. The van der Waals surface area contributed by atoms with E-state index in [1.54, 1.807) is 18.2 Å². The Bertz CT molecular complexity index is 483. The predicted molar refractivity (Wildman–Crippen MR) is 67.3 cm³/mol. The van der Waals surface area contributed by atoms with Gasteiger partial charge in [0.2, 0.25) is 0 Å². The second-order valence-electron chi connectivity index (χ2n) is 3.62. The van der Waals surface area contributed by atoms with Crippen LogP contribution >= 0.6 is 0 Å². The Balaban J connectivity index is 2.56. The smallest absolute Gasteiger partial charge is 0.148 e. The van der Waals surface area contributed by atoms with Gasteiger partial charge in [0.15, 0.2) is 0 Å². The molecule has 0 heterocycles. The van der Waals surface area contributed by atoms with Crippen LogP contribution in [0.5, 0.6) is 0 Å². The first-order chi connectivity index (χ1) is 7.38. The van der Waals surface area contributed by atoms with E-state index in [-0.39, 0.29) is 11.5 Å². The fourth-order valence-electron chi connectivity index (χ4n) is 1.16. The molecule has 0 fully saturated rings. The lowest BCUT2D eigenvalue weighted by atomic mass is 10.2. The second kappa shape index (κ2) is 5.45. The summed E-state index contributed by atoms with van der Waals surface area (Å²) in [6.45, 7) is 0. The highest BCUT2D eigenvalue weighted by molar-refractivity contribution is 7.92. The van der Waals surface area contributed by atoms with E-state index >= 15 is 0 Å². The molecule has 1 aromatic carbocycles. The maximum Gasteiger partial charge on any atom is 0.148 e. The minimum absolute atomic E-state index is 0.0493. The van der Waals surface area contributed by atoms with E-state index < -0.39 is 20.6 Å². The molecule has 6 heteroatoms. The monoisotopic (exact) mass is 261 g/mol. The summed E-state index contributed by atoms with van der Waals surface area (Å²) in [6.07, 6.45) is 1.14. The molecule has 0 aliphatic carbocycles. The van der Waals surface area contributed by atoms with E-state index in [1.165, 1.54) is 0 Å². The first-order valence-electron chi connectivity index (χ1n) is 4.74. The summed E-state index contributed by atoms with van der Waals surface area (Å²) >= 11 is 0. The highest BCUT2D eigenvalue weighted by Crippen LogP contribution is 2.12. The molecule has 0 bridgehead atoms. The van der Waals surface area contributed by atoms with Crippen molar-refractivity contribution in [1.29, 1.82) is 0 Å². The Kier molecular flexibility index (Phi) is 4.49. The minimum atomic E-state index is -3.05. The van der Waals surface area contributed by atoms with Gasteiger partial charge >= 0.3 is 0 Å². The molecule has 2 N–H and O–H groups in total. The topological polar surface area (TPSA) is 77.2 Å². The Morgan fingerprint density at radius 2 is 1.94 bits per heavy atom. The Hall–Kier alpha value is -0.880. The maximum absolute atomic E-state index is 11.6. The van der Waals surface area contributed by atoms with Crippen LogP contribution in [-0.2, 0) is 26.4 Å². The lowest BCUT2D eigenvalue weighted by Crippen LogP contribution is -2.13. The van der Waals surface area contributed by atoms with Crippen molar-refractivity contribution in [3.8, 4) is 0 Å². The van der Waals surface area contributed by atoms with Gasteiger partial charge in [0.05, 0.1) is 11.5 Å². The minimum Gasteiger partial charge on any atom is -0.398 e. The first kappa shape index (κ1) is 13.2. The van der Waals surface area contributed by atoms with Crippen molar-refractivity contribution in [3.05, 3.63) is 29.8 Å². The van der Waals surface area contributed by atoms with Gasteiger partial charge in [-0.05, 0) is 11.6 Å². The zero-order valence-corrected chi connectivity index (χ0v) is 10.7. The number of rotatable bonds is 5. The molecule has 1 unspecified atom stereocenters. The van der Waals surface area contributed by atoms with Crippen molar-refractivity contribution in [2.45, 2.75) is 5.75 Å². The van der Waals surface area contributed by atoms with Crippen molar-refractivity contribution in [2.24, 2.45) is 0 Å². The molecule has 0 aliphatic heterocycles. The van der Waals surface area contributed by atoms with Crippen LogP contribution in [0.1, 0.15) is 5.56 Å². The van der Waals surface area contributed by atoms with Crippen LogP contribution in [0.3, 0.4) is 0 Å². The molecule has 0 saturated carbocycles. The van der Waals surface area contributed by atoms with Gasteiger partial charge in [0.1, 0.15) is 9.84 Å². The number of para-hydroxylation sites is 1. The lowest BCUT2D eigenvalue weighted by Gasteiger charge is -2.04. The van der Waals surface area contributed by atoms with Crippen molar-refractivity contribution in [2.75, 3.05) is 23.5 Å². The third kappa shape index (κ3) is 4.76. The maximum atomic E-state index is 11.6. The van der Waals surface area contributed by atoms with Gasteiger partial charge in [0, 0.05) is 28.5 Å². The van der Waals surface area contributed by atoms with Crippen LogP contribution < -0.4 is 5.73 Å². The third-order valence-electron chi connectivity index (χ3n) is 2.05. The normalized spacial score (nSPS) is 13.6. The van der Waals surface area contributed by atoms with E-state index in [1.807, 2.05) is 6.07 Å². The van der Waals surface area contributed by atoms with Crippen LogP contribution in [-0.4, -0.2) is 30.4 Å². The van der Waals surface area contributed by atoms with Gasteiger partial charge in [-0.25, -0.2) is 8.42 Å². The van der Waals surface area contributed by atoms with Crippen LogP contribution in [0.15, 0.2) is 24.3 Å². The third-order valence-corrected chi connectivity index (χ3v) is 4.55. The highest BCUT2D eigenvalue weighted by atomic mass is 32.2. The number of hydrogen-bond acceptors (Lipinski definition) is 4. The zero-order chi connectivity index (χ0) is 12.2. The SMILES string of the molecule is CS(=O)(=O)CCS(=O)Cc1ccccc1N. The molecule has 0 aromatic heterocycles. The predicted octanol–water partition coefficient (Wildman–Crippen LogP) is 0.562. The summed E-state index contributed by atoms with van der Waals surface area (Å²) in [5.41, 5.74) is 7.09. The van der Waals surface area contributed by atoms with E-state index in [4.69, 9.17) is 5.73 Å². The number of anilines is 1. The summed E-state index contributed by atoms with van der Waals surface area (Å²) in [7, 11) is -4.23. The Morgan fingerprint density at radius 3 is 2.50 bits per heavy atom. The molecule has 0 amide bonds. The van der Waals surface area contributed by atoms with E-state index in [2.05, 4.69) is 0 Å². The fraction of sp³-hybridized carbons (Fsp3) is 0.400. The van der Waals surface area contributed by atoms with Gasteiger partial charge in [-0.3, -0.25) is 4.21 Å². The van der Waals surface area contributed by atoms with Crippen LogP contribution in [0.4, 0.5) is 5.69 Å². The molecular formula is C10H15NO3S2. The number of sulfone groups is 1. The van der Waals surface area contributed by atoms with Crippen molar-refractivity contribution >= 4 is 26.3 Å². The van der Waals surface area contributed by atoms with Gasteiger partial charge in [-0.15, -0.1) is 0 Å². The van der Waals surface area contributed by atoms with E-state index in [0.29, 0.717) is 11.4 Å². The quantitative estimate of drug-likeness (QED) is 0.786. The molecular weight excluding hydrogens is 246 g/mol. The van der Waals surface area contributed by atoms with Crippen LogP contribution in [0.25, 0.3) is 0 Å². The van der Waals surface area contributed by atoms with E-state index in [0.717, 1.165) is 11.8 Å². The average Bonchev–Trinajstić information content (AvgIpc) is 2.18. The molecule has 1 atom stereocenters. The van der Waals surface area contributed by atoms with Gasteiger partial charge in [-0.1, -0.05) is 18.2 Å². The molecule has 0 spiro atoms. The Labute approximate surface area is 98.2 Å². The standard InChI is InChI=1S/C10H15NO3S2/c1-16(13,14)7-6-15(12)8-9-4-2-3-5-10(9)11/h2-5H,6-8,11H2,1H3. The van der Waals surface area contributed by atoms with Gasteiger partial charge in [-0.2, -0.15) is 0 Å². The summed E-state index contributed by atoms with van der Waals surface area (Å²) in [5, 5.41) is 0. The van der Waals surface area contributed by atoms with Crippen molar-refractivity contribution in [3.63, 3.8) is 0 Å².